The topological polar surface area (TPSA) is 6.48 Å². The second-order valence-electron chi connectivity index (χ2n) is 13.8. The first-order valence-electron chi connectivity index (χ1n) is 19.9. The van der Waals surface area contributed by atoms with Gasteiger partial charge in [0.15, 0.2) is 0 Å². The van der Waals surface area contributed by atoms with Crippen molar-refractivity contribution in [1.82, 2.24) is 9.80 Å². The van der Waals surface area contributed by atoms with Crippen LogP contribution in [0.25, 0.3) is 0 Å². The lowest BCUT2D eigenvalue weighted by Crippen LogP contribution is -2.45. The second-order valence-corrected chi connectivity index (χ2v) is 13.8. The van der Waals surface area contributed by atoms with Gasteiger partial charge in [0.2, 0.25) is 0 Å². The fourth-order valence-corrected chi connectivity index (χ4v) is 6.48. The van der Waals surface area contributed by atoms with Gasteiger partial charge in [0.25, 0.3) is 0 Å². The number of unbranched alkanes of at least 4 members (excludes halogenated alkanes) is 24. The van der Waals surface area contributed by atoms with Crippen LogP contribution in [0.15, 0.2) is 24.3 Å². The summed E-state index contributed by atoms with van der Waals surface area (Å²) in [5, 5.41) is 0. The standard InChI is InChI=1S/C41H82N2/c1-6-9-11-13-15-17-19-21-23-25-27-29-31-33-35-37-39-43(41(8-3)42(4)5)40-38-36-34-32-30-28-26-24-22-20-18-16-14-12-10-7-2/h21-24,41H,6-20,25-40H2,1-5H3/b23-21-,24-22-. The van der Waals surface area contributed by atoms with Gasteiger partial charge in [-0.15, -0.1) is 0 Å². The van der Waals surface area contributed by atoms with Crippen LogP contribution < -0.4 is 0 Å². The van der Waals surface area contributed by atoms with Crippen LogP contribution in [0.4, 0.5) is 0 Å². The number of hydrogen-bond acceptors (Lipinski definition) is 2. The Hall–Kier alpha value is -0.600. The minimum Gasteiger partial charge on any atom is -0.294 e. The summed E-state index contributed by atoms with van der Waals surface area (Å²) in [5.41, 5.74) is 0. The molecule has 0 fully saturated rings. The maximum Gasteiger partial charge on any atom is 0.0614 e. The molecule has 0 amide bonds. The highest BCUT2D eigenvalue weighted by atomic mass is 15.3. The van der Waals surface area contributed by atoms with E-state index in [0.29, 0.717) is 6.17 Å². The summed E-state index contributed by atoms with van der Waals surface area (Å²) < 4.78 is 0. The molecular weight excluding hydrogens is 520 g/mol. The van der Waals surface area contributed by atoms with E-state index in [9.17, 15) is 0 Å². The second kappa shape index (κ2) is 35.9. The van der Waals surface area contributed by atoms with Crippen molar-refractivity contribution in [3.05, 3.63) is 24.3 Å². The fourth-order valence-electron chi connectivity index (χ4n) is 6.48. The molecule has 0 saturated carbocycles. The number of allylic oxidation sites excluding steroid dienone is 4. The van der Waals surface area contributed by atoms with Gasteiger partial charge in [-0.3, -0.25) is 9.80 Å². The van der Waals surface area contributed by atoms with Gasteiger partial charge in [0, 0.05) is 0 Å². The van der Waals surface area contributed by atoms with Crippen LogP contribution in [0.3, 0.4) is 0 Å². The molecule has 0 rings (SSSR count). The fraction of sp³-hybridized carbons (Fsp3) is 0.902. The summed E-state index contributed by atoms with van der Waals surface area (Å²) in [6.45, 7) is 9.52. The molecule has 1 atom stereocenters. The molecule has 0 bridgehead atoms. The number of nitrogens with zero attached hydrogens (tertiary/aromatic N) is 2. The molecule has 0 aliphatic rings. The van der Waals surface area contributed by atoms with Gasteiger partial charge in [0.05, 0.1) is 6.17 Å². The van der Waals surface area contributed by atoms with Gasteiger partial charge < -0.3 is 0 Å². The van der Waals surface area contributed by atoms with E-state index >= 15 is 0 Å². The Labute approximate surface area is 273 Å². The Morgan fingerprint density at radius 2 is 0.651 bits per heavy atom. The van der Waals surface area contributed by atoms with Crippen LogP contribution in [0.2, 0.25) is 0 Å². The Morgan fingerprint density at radius 3 is 0.930 bits per heavy atom. The van der Waals surface area contributed by atoms with E-state index in [0.717, 1.165) is 0 Å². The Kier molecular flexibility index (Phi) is 35.4. The lowest BCUT2D eigenvalue weighted by atomic mass is 10.1. The predicted molar refractivity (Wildman–Crippen MR) is 198 cm³/mol. The third kappa shape index (κ3) is 31.2. The van der Waals surface area contributed by atoms with Crippen molar-refractivity contribution in [2.24, 2.45) is 0 Å². The van der Waals surface area contributed by atoms with Crippen LogP contribution in [-0.2, 0) is 0 Å². The average Bonchev–Trinajstić information content (AvgIpc) is 3.00. The maximum absolute atomic E-state index is 2.79. The highest BCUT2D eigenvalue weighted by molar-refractivity contribution is 4.82. The molecule has 43 heavy (non-hydrogen) atoms. The zero-order valence-corrected chi connectivity index (χ0v) is 30.7. The molecule has 0 aliphatic carbocycles. The first kappa shape index (κ1) is 42.4. The van der Waals surface area contributed by atoms with Crippen molar-refractivity contribution < 1.29 is 0 Å². The number of hydrogen-bond donors (Lipinski definition) is 0. The monoisotopic (exact) mass is 603 g/mol. The Morgan fingerprint density at radius 1 is 0.372 bits per heavy atom. The van der Waals surface area contributed by atoms with Crippen LogP contribution in [0, 0.1) is 0 Å². The Bertz CT molecular complexity index is 524. The van der Waals surface area contributed by atoms with Gasteiger partial charge in [-0.1, -0.05) is 161 Å². The molecule has 256 valence electrons. The highest BCUT2D eigenvalue weighted by Gasteiger charge is 2.17. The van der Waals surface area contributed by atoms with Gasteiger partial charge in [-0.05, 0) is 97.8 Å². The van der Waals surface area contributed by atoms with Crippen LogP contribution in [0.5, 0.6) is 0 Å². The van der Waals surface area contributed by atoms with Crippen molar-refractivity contribution in [3.8, 4) is 0 Å². The Balaban J connectivity index is 3.79. The van der Waals surface area contributed by atoms with Crippen molar-refractivity contribution in [3.63, 3.8) is 0 Å². The maximum atomic E-state index is 2.79. The van der Waals surface area contributed by atoms with E-state index in [2.05, 4.69) is 69.0 Å². The largest absolute Gasteiger partial charge is 0.294 e. The van der Waals surface area contributed by atoms with Crippen molar-refractivity contribution in [2.45, 2.75) is 213 Å². The lowest BCUT2D eigenvalue weighted by molar-refractivity contribution is 0.0718. The van der Waals surface area contributed by atoms with Gasteiger partial charge >= 0.3 is 0 Å². The van der Waals surface area contributed by atoms with Gasteiger partial charge in [0.1, 0.15) is 0 Å². The normalized spacial score (nSPS) is 13.0. The third-order valence-corrected chi connectivity index (χ3v) is 9.30. The van der Waals surface area contributed by atoms with E-state index in [-0.39, 0.29) is 0 Å². The predicted octanol–water partition coefficient (Wildman–Crippen LogP) is 13.7. The summed E-state index contributed by atoms with van der Waals surface area (Å²) in [7, 11) is 4.54. The molecule has 0 heterocycles. The smallest absolute Gasteiger partial charge is 0.0614 e. The van der Waals surface area contributed by atoms with Crippen molar-refractivity contribution >= 4 is 0 Å². The molecular formula is C41H82N2. The zero-order valence-electron chi connectivity index (χ0n) is 30.7. The first-order chi connectivity index (χ1) is 21.2. The highest BCUT2D eigenvalue weighted by Crippen LogP contribution is 2.15. The van der Waals surface area contributed by atoms with Crippen LogP contribution in [-0.4, -0.2) is 43.2 Å². The molecule has 0 N–H and O–H groups in total. The molecule has 0 aromatic heterocycles. The van der Waals surface area contributed by atoms with Crippen LogP contribution in [0.1, 0.15) is 207 Å². The molecule has 2 nitrogen and oxygen atoms in total. The molecule has 0 radical (unpaired) electrons. The lowest BCUT2D eigenvalue weighted by Gasteiger charge is -2.35. The molecule has 2 heteroatoms. The van der Waals surface area contributed by atoms with Crippen molar-refractivity contribution in [1.29, 1.82) is 0 Å². The van der Waals surface area contributed by atoms with E-state index in [1.54, 1.807) is 0 Å². The van der Waals surface area contributed by atoms with Gasteiger partial charge in [-0.2, -0.15) is 0 Å². The summed E-state index contributed by atoms with van der Waals surface area (Å²) in [6, 6.07) is 0. The quantitative estimate of drug-likeness (QED) is 0.0404. The average molecular weight is 603 g/mol. The van der Waals surface area contributed by atoms with E-state index in [1.165, 1.54) is 199 Å². The molecule has 0 aromatic rings. The molecule has 0 aliphatic heterocycles. The number of rotatable bonds is 35. The first-order valence-corrected chi connectivity index (χ1v) is 19.9. The molecule has 0 saturated heterocycles. The molecule has 1 unspecified atom stereocenters. The van der Waals surface area contributed by atoms with E-state index in [1.807, 2.05) is 0 Å². The van der Waals surface area contributed by atoms with Gasteiger partial charge in [-0.25, -0.2) is 0 Å². The minimum atomic E-state index is 0.603. The molecule has 0 spiro atoms. The van der Waals surface area contributed by atoms with E-state index < -0.39 is 0 Å². The zero-order chi connectivity index (χ0) is 31.5. The summed E-state index contributed by atoms with van der Waals surface area (Å²) in [5.74, 6) is 0. The minimum absolute atomic E-state index is 0.603. The van der Waals surface area contributed by atoms with Crippen LogP contribution >= 0.6 is 0 Å². The summed E-state index contributed by atoms with van der Waals surface area (Å²) in [4.78, 5) is 5.24. The third-order valence-electron chi connectivity index (χ3n) is 9.30. The summed E-state index contributed by atoms with van der Waals surface area (Å²) in [6.07, 6.45) is 50.5. The molecule has 0 aromatic carbocycles. The SMILES string of the molecule is CCCCCCCC/C=C\CCCCCCCCN(CCCCCCCC/C=C\CCCCCCCC)C(CC)N(C)C. The van der Waals surface area contributed by atoms with Crippen molar-refractivity contribution in [2.75, 3.05) is 27.2 Å². The summed E-state index contributed by atoms with van der Waals surface area (Å²) >= 11 is 0. The van der Waals surface area contributed by atoms with E-state index in [4.69, 9.17) is 0 Å².